The van der Waals surface area contributed by atoms with Crippen molar-refractivity contribution in [3.05, 3.63) is 0 Å². The molecule has 0 atom stereocenters. The van der Waals surface area contributed by atoms with Crippen LogP contribution >= 0.6 is 11.8 Å². The first-order chi connectivity index (χ1) is 7.35. The van der Waals surface area contributed by atoms with Crippen molar-refractivity contribution in [1.29, 1.82) is 0 Å². The van der Waals surface area contributed by atoms with E-state index in [9.17, 15) is 0 Å². The van der Waals surface area contributed by atoms with Gasteiger partial charge in [-0.15, -0.1) is 0 Å². The molecule has 0 aromatic carbocycles. The van der Waals surface area contributed by atoms with Gasteiger partial charge in [0.05, 0.1) is 0 Å². The maximum Gasteiger partial charge on any atom is 0.157 e. The predicted octanol–water partition coefficient (Wildman–Crippen LogP) is 3.18. The standard InChI is InChI=1S/C12H22N2S/c1-2-3-9-13-11-14-12(10-15-11)7-5-4-6-8-12/h2-10H2,1H3,(H,13,14). The molecule has 0 aromatic heterocycles. The van der Waals surface area contributed by atoms with Gasteiger partial charge in [-0.05, 0) is 19.3 Å². The van der Waals surface area contributed by atoms with Crippen LogP contribution in [0.4, 0.5) is 0 Å². The average molecular weight is 226 g/mol. The fraction of sp³-hybridized carbons (Fsp3) is 0.917. The Kier molecular flexibility index (Phi) is 3.95. The van der Waals surface area contributed by atoms with E-state index in [4.69, 9.17) is 0 Å². The van der Waals surface area contributed by atoms with Gasteiger partial charge in [0, 0.05) is 17.8 Å². The Morgan fingerprint density at radius 1 is 1.33 bits per heavy atom. The third-order valence-electron chi connectivity index (χ3n) is 3.44. The van der Waals surface area contributed by atoms with Crippen LogP contribution in [0.25, 0.3) is 0 Å². The van der Waals surface area contributed by atoms with E-state index in [1.165, 1.54) is 55.9 Å². The molecule has 2 rings (SSSR count). The van der Waals surface area contributed by atoms with Crippen LogP contribution < -0.4 is 5.32 Å². The van der Waals surface area contributed by atoms with Crippen molar-refractivity contribution in [3.8, 4) is 0 Å². The van der Waals surface area contributed by atoms with Crippen molar-refractivity contribution in [2.45, 2.75) is 57.4 Å². The van der Waals surface area contributed by atoms with Gasteiger partial charge in [0.15, 0.2) is 5.17 Å². The Hall–Kier alpha value is -0.180. The van der Waals surface area contributed by atoms with Gasteiger partial charge >= 0.3 is 0 Å². The molecule has 0 radical (unpaired) electrons. The first-order valence-electron chi connectivity index (χ1n) is 6.30. The molecule has 1 spiro atoms. The quantitative estimate of drug-likeness (QED) is 0.747. The monoisotopic (exact) mass is 226 g/mol. The van der Waals surface area contributed by atoms with Gasteiger partial charge in [0.25, 0.3) is 0 Å². The number of rotatable bonds is 3. The highest BCUT2D eigenvalue weighted by molar-refractivity contribution is 8.14. The Morgan fingerprint density at radius 3 is 2.87 bits per heavy atom. The third-order valence-corrected chi connectivity index (χ3v) is 4.64. The van der Waals surface area contributed by atoms with Gasteiger partial charge in [-0.25, -0.2) is 0 Å². The van der Waals surface area contributed by atoms with Crippen molar-refractivity contribution in [2.24, 2.45) is 4.99 Å². The summed E-state index contributed by atoms with van der Waals surface area (Å²) < 4.78 is 0. The first-order valence-corrected chi connectivity index (χ1v) is 7.29. The minimum atomic E-state index is 0.425. The second kappa shape index (κ2) is 5.24. The summed E-state index contributed by atoms with van der Waals surface area (Å²) in [6.45, 7) is 3.22. The molecule has 2 nitrogen and oxygen atoms in total. The van der Waals surface area contributed by atoms with E-state index in [-0.39, 0.29) is 0 Å². The topological polar surface area (TPSA) is 24.4 Å². The smallest absolute Gasteiger partial charge is 0.157 e. The summed E-state index contributed by atoms with van der Waals surface area (Å²) >= 11 is 1.94. The zero-order valence-corrected chi connectivity index (χ0v) is 10.5. The molecular weight excluding hydrogens is 204 g/mol. The molecule has 1 N–H and O–H groups in total. The SMILES string of the molecule is CCCCN=C1NC2(CCCCC2)CS1. The number of thioether (sulfide) groups is 1. The van der Waals surface area contributed by atoms with Crippen molar-refractivity contribution in [1.82, 2.24) is 5.32 Å². The van der Waals surface area contributed by atoms with E-state index in [1.807, 2.05) is 11.8 Å². The molecule has 1 heterocycles. The lowest BCUT2D eigenvalue weighted by atomic mass is 9.83. The second-order valence-electron chi connectivity index (χ2n) is 4.80. The first kappa shape index (κ1) is 11.3. The maximum absolute atomic E-state index is 4.63. The molecular formula is C12H22N2S. The van der Waals surface area contributed by atoms with Gasteiger partial charge < -0.3 is 5.32 Å². The normalized spacial score (nSPS) is 27.1. The van der Waals surface area contributed by atoms with Crippen molar-refractivity contribution < 1.29 is 0 Å². The zero-order chi connectivity index (χ0) is 10.6. The molecule has 3 heteroatoms. The van der Waals surface area contributed by atoms with Crippen LogP contribution in [0.3, 0.4) is 0 Å². The third kappa shape index (κ3) is 2.90. The van der Waals surface area contributed by atoms with E-state index in [0.29, 0.717) is 5.54 Å². The Labute approximate surface area is 97.3 Å². The molecule has 1 aliphatic heterocycles. The summed E-state index contributed by atoms with van der Waals surface area (Å²) in [5, 5.41) is 4.89. The highest BCUT2D eigenvalue weighted by Gasteiger charge is 2.37. The number of aliphatic imine (C=N–C) groups is 1. The highest BCUT2D eigenvalue weighted by Crippen LogP contribution is 2.36. The zero-order valence-electron chi connectivity index (χ0n) is 9.72. The second-order valence-corrected chi connectivity index (χ2v) is 5.76. The van der Waals surface area contributed by atoms with Gasteiger partial charge in [-0.2, -0.15) is 0 Å². The summed E-state index contributed by atoms with van der Waals surface area (Å²) in [6, 6.07) is 0. The Morgan fingerprint density at radius 2 is 2.13 bits per heavy atom. The minimum Gasteiger partial charge on any atom is -0.359 e. The molecule has 86 valence electrons. The fourth-order valence-corrected chi connectivity index (χ4v) is 3.67. The van der Waals surface area contributed by atoms with Crippen molar-refractivity contribution >= 4 is 16.9 Å². The van der Waals surface area contributed by atoms with E-state index in [1.54, 1.807) is 0 Å². The van der Waals surface area contributed by atoms with Crippen molar-refractivity contribution in [2.75, 3.05) is 12.3 Å². The lowest BCUT2D eigenvalue weighted by Crippen LogP contribution is -2.45. The number of nitrogens with zero attached hydrogens (tertiary/aromatic N) is 1. The van der Waals surface area contributed by atoms with Crippen LogP contribution in [0.2, 0.25) is 0 Å². The van der Waals surface area contributed by atoms with Gasteiger partial charge in [0.2, 0.25) is 0 Å². The molecule has 2 fully saturated rings. The Balaban J connectivity index is 1.85. The number of hydrogen-bond acceptors (Lipinski definition) is 2. The number of amidine groups is 1. The molecule has 0 aromatic rings. The lowest BCUT2D eigenvalue weighted by molar-refractivity contribution is 0.303. The van der Waals surface area contributed by atoms with Crippen LogP contribution in [0.15, 0.2) is 4.99 Å². The molecule has 15 heavy (non-hydrogen) atoms. The van der Waals surface area contributed by atoms with E-state index in [2.05, 4.69) is 17.2 Å². The van der Waals surface area contributed by atoms with E-state index < -0.39 is 0 Å². The van der Waals surface area contributed by atoms with Crippen LogP contribution in [-0.4, -0.2) is 23.0 Å². The van der Waals surface area contributed by atoms with Gasteiger partial charge in [0.1, 0.15) is 0 Å². The highest BCUT2D eigenvalue weighted by atomic mass is 32.2. The number of nitrogens with one attached hydrogen (secondary N) is 1. The summed E-state index contributed by atoms with van der Waals surface area (Å²) in [5.41, 5.74) is 0.425. The van der Waals surface area contributed by atoms with Gasteiger partial charge in [-0.1, -0.05) is 44.4 Å². The molecule has 0 unspecified atom stereocenters. The summed E-state index contributed by atoms with van der Waals surface area (Å²) in [4.78, 5) is 4.63. The number of hydrogen-bond donors (Lipinski definition) is 1. The largest absolute Gasteiger partial charge is 0.359 e. The molecule has 0 amide bonds. The molecule has 1 saturated carbocycles. The van der Waals surface area contributed by atoms with Crippen LogP contribution in [0.5, 0.6) is 0 Å². The predicted molar refractivity (Wildman–Crippen MR) is 68.6 cm³/mol. The molecule has 0 bridgehead atoms. The van der Waals surface area contributed by atoms with Crippen LogP contribution in [-0.2, 0) is 0 Å². The molecule has 1 aliphatic carbocycles. The average Bonchev–Trinajstić information content (AvgIpc) is 2.63. The van der Waals surface area contributed by atoms with E-state index in [0.717, 1.165) is 6.54 Å². The van der Waals surface area contributed by atoms with Crippen molar-refractivity contribution in [3.63, 3.8) is 0 Å². The van der Waals surface area contributed by atoms with Crippen LogP contribution in [0, 0.1) is 0 Å². The molecule has 1 saturated heterocycles. The van der Waals surface area contributed by atoms with Crippen LogP contribution in [0.1, 0.15) is 51.9 Å². The summed E-state index contributed by atoms with van der Waals surface area (Å²) in [7, 11) is 0. The fourth-order valence-electron chi connectivity index (χ4n) is 2.43. The summed E-state index contributed by atoms with van der Waals surface area (Å²) in [5.74, 6) is 1.25. The summed E-state index contributed by atoms with van der Waals surface area (Å²) in [6.07, 6.45) is 9.40. The van der Waals surface area contributed by atoms with E-state index >= 15 is 0 Å². The van der Waals surface area contributed by atoms with Gasteiger partial charge in [-0.3, -0.25) is 4.99 Å². The maximum atomic E-state index is 4.63. The molecule has 2 aliphatic rings. The number of unbranched alkanes of at least 4 members (excludes halogenated alkanes) is 1. The Bertz CT molecular complexity index is 232. The lowest BCUT2D eigenvalue weighted by Gasteiger charge is -2.32. The minimum absolute atomic E-state index is 0.425.